The number of hydrogen-bond donors (Lipinski definition) is 1. The highest BCUT2D eigenvalue weighted by Crippen LogP contribution is 2.30. The number of methoxy groups -OCH3 is 1. The summed E-state index contributed by atoms with van der Waals surface area (Å²) in [4.78, 5) is 27.3. The maximum Gasteiger partial charge on any atom is 0.286 e. The van der Waals surface area contributed by atoms with Crippen LogP contribution in [0.4, 0.5) is 5.69 Å². The van der Waals surface area contributed by atoms with Crippen molar-refractivity contribution in [3.05, 3.63) is 69.7 Å². The highest BCUT2D eigenvalue weighted by molar-refractivity contribution is 7.13. The minimum Gasteiger partial charge on any atom is -0.497 e. The smallest absolute Gasteiger partial charge is 0.286 e. The molecule has 2 amide bonds. The summed E-state index contributed by atoms with van der Waals surface area (Å²) in [5, 5.41) is 12.4. The summed E-state index contributed by atoms with van der Waals surface area (Å²) in [5.41, 5.74) is 2.82. The standard InChI is InChI=1S/C24H26N4O3S/c1-16-5-9-19(10-6-16)25-22(30)24-27-26-23(32-24)18-4-3-13-28(15-18)21(29)14-17-7-11-20(31-2)12-8-17/h5-12,18H,3-4,13-15H2,1-2H3,(H,25,30). The van der Waals surface area contributed by atoms with Gasteiger partial charge in [-0.15, -0.1) is 10.2 Å². The quantitative estimate of drug-likeness (QED) is 0.612. The van der Waals surface area contributed by atoms with Gasteiger partial charge in [0.1, 0.15) is 10.8 Å². The van der Waals surface area contributed by atoms with E-state index < -0.39 is 0 Å². The predicted octanol–water partition coefficient (Wildman–Crippen LogP) is 4.06. The van der Waals surface area contributed by atoms with E-state index in [4.69, 9.17) is 4.74 Å². The Bertz CT molecular complexity index is 1080. The van der Waals surface area contributed by atoms with Crippen molar-refractivity contribution >= 4 is 28.8 Å². The molecule has 1 fully saturated rings. The number of amides is 2. The SMILES string of the molecule is COc1ccc(CC(=O)N2CCCC(c3nnc(C(=O)Nc4ccc(C)cc4)s3)C2)cc1. The topological polar surface area (TPSA) is 84.4 Å². The van der Waals surface area contributed by atoms with Gasteiger partial charge in [0.2, 0.25) is 10.9 Å². The van der Waals surface area contributed by atoms with Crippen LogP contribution in [0.5, 0.6) is 5.75 Å². The summed E-state index contributed by atoms with van der Waals surface area (Å²) in [6.45, 7) is 3.34. The molecule has 7 nitrogen and oxygen atoms in total. The van der Waals surface area contributed by atoms with Gasteiger partial charge >= 0.3 is 0 Å². The van der Waals surface area contributed by atoms with Gasteiger partial charge < -0.3 is 15.0 Å². The first-order chi connectivity index (χ1) is 15.5. The number of carbonyl (C=O) groups excluding carboxylic acids is 2. The number of likely N-dealkylation sites (tertiary alicyclic amines) is 1. The minimum absolute atomic E-state index is 0.0988. The third-order valence-corrected chi connectivity index (χ3v) is 6.67. The van der Waals surface area contributed by atoms with Crippen LogP contribution in [-0.2, 0) is 11.2 Å². The molecule has 2 heterocycles. The first-order valence-electron chi connectivity index (χ1n) is 10.6. The molecule has 32 heavy (non-hydrogen) atoms. The number of aryl methyl sites for hydroxylation is 1. The molecule has 1 saturated heterocycles. The molecule has 0 saturated carbocycles. The van der Waals surface area contributed by atoms with Crippen LogP contribution in [0, 0.1) is 6.92 Å². The summed E-state index contributed by atoms with van der Waals surface area (Å²) in [6, 6.07) is 15.2. The van der Waals surface area contributed by atoms with Crippen molar-refractivity contribution in [1.29, 1.82) is 0 Å². The van der Waals surface area contributed by atoms with E-state index in [2.05, 4.69) is 15.5 Å². The largest absolute Gasteiger partial charge is 0.497 e. The minimum atomic E-state index is -0.263. The first-order valence-corrected chi connectivity index (χ1v) is 11.5. The van der Waals surface area contributed by atoms with E-state index in [0.717, 1.165) is 47.0 Å². The Labute approximate surface area is 191 Å². The van der Waals surface area contributed by atoms with E-state index >= 15 is 0 Å². The van der Waals surface area contributed by atoms with E-state index in [-0.39, 0.29) is 17.7 Å². The molecule has 1 unspecified atom stereocenters. The lowest BCUT2D eigenvalue weighted by Gasteiger charge is -2.31. The maximum absolute atomic E-state index is 12.8. The number of piperidine rings is 1. The lowest BCUT2D eigenvalue weighted by Crippen LogP contribution is -2.39. The first kappa shape index (κ1) is 22.0. The molecule has 0 spiro atoms. The summed E-state index contributed by atoms with van der Waals surface area (Å²) in [6.07, 6.45) is 2.20. The molecule has 2 aromatic carbocycles. The third kappa shape index (κ3) is 5.31. The number of rotatable bonds is 6. The zero-order valence-electron chi connectivity index (χ0n) is 18.2. The molecule has 3 aromatic rings. The van der Waals surface area contributed by atoms with Crippen molar-refractivity contribution in [3.8, 4) is 5.75 Å². The molecule has 1 aliphatic heterocycles. The predicted molar refractivity (Wildman–Crippen MR) is 124 cm³/mol. The molecule has 1 aromatic heterocycles. The normalized spacial score (nSPS) is 15.9. The number of nitrogens with one attached hydrogen (secondary N) is 1. The lowest BCUT2D eigenvalue weighted by atomic mass is 9.98. The molecule has 1 atom stereocenters. The highest BCUT2D eigenvalue weighted by atomic mass is 32.1. The third-order valence-electron chi connectivity index (χ3n) is 5.58. The lowest BCUT2D eigenvalue weighted by molar-refractivity contribution is -0.131. The van der Waals surface area contributed by atoms with Gasteiger partial charge in [-0.1, -0.05) is 41.2 Å². The van der Waals surface area contributed by atoms with Gasteiger partial charge in [0.15, 0.2) is 0 Å². The van der Waals surface area contributed by atoms with Crippen LogP contribution in [-0.4, -0.2) is 47.1 Å². The Balaban J connectivity index is 1.36. The zero-order chi connectivity index (χ0) is 22.5. The summed E-state index contributed by atoms with van der Waals surface area (Å²) in [5.74, 6) is 0.710. The fraction of sp³-hybridized carbons (Fsp3) is 0.333. The monoisotopic (exact) mass is 450 g/mol. The number of ether oxygens (including phenoxy) is 1. The molecule has 0 aliphatic carbocycles. The van der Waals surface area contributed by atoms with Crippen molar-refractivity contribution < 1.29 is 14.3 Å². The summed E-state index contributed by atoms with van der Waals surface area (Å²) < 4.78 is 5.17. The van der Waals surface area contributed by atoms with Crippen LogP contribution in [0.15, 0.2) is 48.5 Å². The Kier molecular flexibility index (Phi) is 6.80. The van der Waals surface area contributed by atoms with Crippen molar-refractivity contribution in [2.45, 2.75) is 32.1 Å². The second kappa shape index (κ2) is 9.91. The van der Waals surface area contributed by atoms with Crippen LogP contribution in [0.1, 0.15) is 44.7 Å². The van der Waals surface area contributed by atoms with Gasteiger partial charge in [-0.3, -0.25) is 9.59 Å². The van der Waals surface area contributed by atoms with Gasteiger partial charge in [0, 0.05) is 24.7 Å². The number of benzene rings is 2. The van der Waals surface area contributed by atoms with Crippen LogP contribution in [0.3, 0.4) is 0 Å². The Morgan fingerprint density at radius 3 is 2.59 bits per heavy atom. The van der Waals surface area contributed by atoms with Crippen LogP contribution in [0.25, 0.3) is 0 Å². The summed E-state index contributed by atoms with van der Waals surface area (Å²) in [7, 11) is 1.62. The van der Waals surface area contributed by atoms with Gasteiger partial charge in [-0.25, -0.2) is 0 Å². The van der Waals surface area contributed by atoms with E-state index in [1.807, 2.05) is 60.4 Å². The molecular weight excluding hydrogens is 424 g/mol. The molecule has 166 valence electrons. The molecule has 4 rings (SSSR count). The molecule has 0 bridgehead atoms. The Hall–Kier alpha value is -3.26. The Morgan fingerprint density at radius 1 is 1.12 bits per heavy atom. The van der Waals surface area contributed by atoms with E-state index in [9.17, 15) is 9.59 Å². The highest BCUT2D eigenvalue weighted by Gasteiger charge is 2.28. The second-order valence-corrected chi connectivity index (χ2v) is 8.98. The van der Waals surface area contributed by atoms with Crippen molar-refractivity contribution in [2.75, 3.05) is 25.5 Å². The molecular formula is C24H26N4O3S. The van der Waals surface area contributed by atoms with Gasteiger partial charge in [0.25, 0.3) is 5.91 Å². The zero-order valence-corrected chi connectivity index (χ0v) is 19.0. The Morgan fingerprint density at radius 2 is 1.88 bits per heavy atom. The average Bonchev–Trinajstić information content (AvgIpc) is 3.32. The van der Waals surface area contributed by atoms with Crippen LogP contribution in [0.2, 0.25) is 0 Å². The van der Waals surface area contributed by atoms with E-state index in [1.54, 1.807) is 7.11 Å². The molecule has 1 N–H and O–H groups in total. The fourth-order valence-corrected chi connectivity index (χ4v) is 4.61. The van der Waals surface area contributed by atoms with Crippen LogP contribution >= 0.6 is 11.3 Å². The van der Waals surface area contributed by atoms with Gasteiger partial charge in [-0.2, -0.15) is 0 Å². The fourth-order valence-electron chi connectivity index (χ4n) is 3.75. The average molecular weight is 451 g/mol. The number of aromatic nitrogens is 2. The summed E-state index contributed by atoms with van der Waals surface area (Å²) >= 11 is 1.31. The van der Waals surface area contributed by atoms with Crippen molar-refractivity contribution in [1.82, 2.24) is 15.1 Å². The van der Waals surface area contributed by atoms with Crippen molar-refractivity contribution in [2.24, 2.45) is 0 Å². The number of hydrogen-bond acceptors (Lipinski definition) is 6. The number of carbonyl (C=O) groups is 2. The van der Waals surface area contributed by atoms with Gasteiger partial charge in [-0.05, 0) is 49.6 Å². The van der Waals surface area contributed by atoms with E-state index in [1.165, 1.54) is 11.3 Å². The second-order valence-electron chi connectivity index (χ2n) is 7.97. The van der Waals surface area contributed by atoms with Crippen molar-refractivity contribution in [3.63, 3.8) is 0 Å². The van der Waals surface area contributed by atoms with Crippen LogP contribution < -0.4 is 10.1 Å². The molecule has 0 radical (unpaired) electrons. The number of nitrogens with zero attached hydrogens (tertiary/aromatic N) is 3. The number of anilines is 1. The molecule has 8 heteroatoms. The van der Waals surface area contributed by atoms with E-state index in [0.29, 0.717) is 18.0 Å². The molecule has 1 aliphatic rings. The maximum atomic E-state index is 12.8. The van der Waals surface area contributed by atoms with Gasteiger partial charge in [0.05, 0.1) is 13.5 Å².